The Labute approximate surface area is 355 Å². The number of nitrogens with zero attached hydrogens (tertiary/aromatic N) is 4. The molecule has 0 aromatic rings. The molecule has 0 fully saturated rings. The predicted octanol–water partition coefficient (Wildman–Crippen LogP) is 14.6. The van der Waals surface area contributed by atoms with Crippen LogP contribution in [0.15, 0.2) is 24.3 Å². The third kappa shape index (κ3) is 40.1. The second kappa shape index (κ2) is 41.1. The lowest BCUT2D eigenvalue weighted by Gasteiger charge is -2.37. The van der Waals surface area contributed by atoms with Gasteiger partial charge in [0.15, 0.2) is 0 Å². The zero-order chi connectivity index (χ0) is 41.3. The van der Waals surface area contributed by atoms with Gasteiger partial charge in [-0.1, -0.05) is 141 Å². The second-order valence-electron chi connectivity index (χ2n) is 19.5. The summed E-state index contributed by atoms with van der Waals surface area (Å²) in [6.07, 6.45) is 54.3. The average molecular weight is 789 g/mol. The van der Waals surface area contributed by atoms with Gasteiger partial charge in [0.05, 0.1) is 53.4 Å². The average Bonchev–Trinajstić information content (AvgIpc) is 3.16. The monoisotopic (exact) mass is 789 g/mol. The summed E-state index contributed by atoms with van der Waals surface area (Å²) < 4.78 is 2.58. The molecule has 0 aromatic heterocycles. The van der Waals surface area contributed by atoms with Gasteiger partial charge in [-0.2, -0.15) is 0 Å². The number of hydrogen-bond donors (Lipinski definition) is 0. The van der Waals surface area contributed by atoms with Gasteiger partial charge in [-0.3, -0.25) is 0 Å². The summed E-state index contributed by atoms with van der Waals surface area (Å²) >= 11 is 0. The van der Waals surface area contributed by atoms with Gasteiger partial charge in [0, 0.05) is 38.8 Å². The molecule has 0 heterocycles. The van der Waals surface area contributed by atoms with Crippen molar-refractivity contribution in [1.29, 1.82) is 0 Å². The fourth-order valence-corrected chi connectivity index (χ4v) is 8.68. The molecule has 56 heavy (non-hydrogen) atoms. The van der Waals surface area contributed by atoms with E-state index in [0.717, 1.165) is 0 Å². The molecule has 0 aliphatic rings. The van der Waals surface area contributed by atoms with E-state index in [-0.39, 0.29) is 0 Å². The van der Waals surface area contributed by atoms with E-state index in [1.165, 1.54) is 267 Å². The molecule has 0 spiro atoms. The van der Waals surface area contributed by atoms with Crippen molar-refractivity contribution in [2.24, 2.45) is 0 Å². The van der Waals surface area contributed by atoms with Crippen molar-refractivity contribution in [2.45, 2.75) is 219 Å². The van der Waals surface area contributed by atoms with Crippen molar-refractivity contribution in [1.82, 2.24) is 9.80 Å². The normalized spacial score (nSPS) is 14.5. The summed E-state index contributed by atoms with van der Waals surface area (Å²) in [6, 6.07) is 0. The Balaban J connectivity index is 4.44. The summed E-state index contributed by atoms with van der Waals surface area (Å²) in [4.78, 5) is 4.75. The van der Waals surface area contributed by atoms with Crippen molar-refractivity contribution in [3.63, 3.8) is 0 Å². The first-order valence-electron chi connectivity index (χ1n) is 25.4. The molecule has 0 radical (unpaired) electrons. The number of rotatable bonds is 45. The van der Waals surface area contributed by atoms with Crippen LogP contribution in [0.2, 0.25) is 0 Å². The maximum atomic E-state index is 2.59. The molecular weight excluding hydrogens is 681 g/mol. The van der Waals surface area contributed by atoms with E-state index in [1.807, 2.05) is 0 Å². The van der Waals surface area contributed by atoms with E-state index < -0.39 is 0 Å². The maximum Gasteiger partial charge on any atom is 0.0796 e. The standard InChI is InChI=1S/C52H108N4/c1-9-11-13-15-17-19-21-23-25-27-29-31-33-35-37-39-47-55(7,51-43-45-53(3)4)49-41-42-50-56(8,52-44-46-54(5)6)48-40-38-36-34-32-30-28-26-24-22-20-18-16-14-12-10-2/h23-26H,9-22,27-52H2,1-8H3/q+2. The number of allylic oxidation sites excluding steroid dienone is 4. The molecule has 0 amide bonds. The highest BCUT2D eigenvalue weighted by atomic mass is 15.3. The summed E-state index contributed by atoms with van der Waals surface area (Å²) in [5.74, 6) is 0. The van der Waals surface area contributed by atoms with E-state index in [4.69, 9.17) is 0 Å². The molecule has 0 aliphatic carbocycles. The summed E-state index contributed by atoms with van der Waals surface area (Å²) in [5, 5.41) is 0. The first-order valence-corrected chi connectivity index (χ1v) is 25.4. The second-order valence-corrected chi connectivity index (χ2v) is 19.5. The van der Waals surface area contributed by atoms with E-state index in [1.54, 1.807) is 0 Å². The molecule has 0 N–H and O–H groups in total. The Bertz CT molecular complexity index is 769. The minimum atomic E-state index is 1.22. The van der Waals surface area contributed by atoms with Crippen LogP contribution in [0.25, 0.3) is 0 Å². The fourth-order valence-electron chi connectivity index (χ4n) is 8.68. The molecule has 0 aromatic carbocycles. The molecule has 2 unspecified atom stereocenters. The van der Waals surface area contributed by atoms with Crippen LogP contribution in [0, 0.1) is 0 Å². The molecule has 4 heteroatoms. The van der Waals surface area contributed by atoms with Crippen molar-refractivity contribution < 1.29 is 8.97 Å². The van der Waals surface area contributed by atoms with Gasteiger partial charge in [0.1, 0.15) is 0 Å². The topological polar surface area (TPSA) is 6.48 Å². The summed E-state index contributed by atoms with van der Waals surface area (Å²) in [5.41, 5.74) is 0. The SMILES string of the molecule is CCCCCCCCC=CCCCCCCCC[N+](C)(CCCC[N+](C)(CCCCCCCCC=CCCCCCCCC)CCCN(C)C)CCCN(C)C. The third-order valence-corrected chi connectivity index (χ3v) is 12.7. The predicted molar refractivity (Wildman–Crippen MR) is 256 cm³/mol. The van der Waals surface area contributed by atoms with Crippen LogP contribution < -0.4 is 0 Å². The highest BCUT2D eigenvalue weighted by Gasteiger charge is 2.24. The largest absolute Gasteiger partial charge is 0.326 e. The maximum absolute atomic E-state index is 2.59. The highest BCUT2D eigenvalue weighted by molar-refractivity contribution is 4.82. The van der Waals surface area contributed by atoms with Crippen LogP contribution in [0.5, 0.6) is 0 Å². The van der Waals surface area contributed by atoms with Gasteiger partial charge in [0.2, 0.25) is 0 Å². The minimum absolute atomic E-state index is 1.22. The number of hydrogen-bond acceptors (Lipinski definition) is 2. The van der Waals surface area contributed by atoms with Crippen molar-refractivity contribution in [3.05, 3.63) is 24.3 Å². The molecule has 0 saturated carbocycles. The lowest BCUT2D eigenvalue weighted by atomic mass is 10.1. The van der Waals surface area contributed by atoms with Gasteiger partial charge >= 0.3 is 0 Å². The molecule has 0 aliphatic heterocycles. The van der Waals surface area contributed by atoms with Gasteiger partial charge in [-0.15, -0.1) is 0 Å². The van der Waals surface area contributed by atoms with Crippen LogP contribution in [-0.4, -0.2) is 113 Å². The Kier molecular flexibility index (Phi) is 40.6. The van der Waals surface area contributed by atoms with Crippen LogP contribution >= 0.6 is 0 Å². The van der Waals surface area contributed by atoms with Gasteiger partial charge in [-0.25, -0.2) is 0 Å². The third-order valence-electron chi connectivity index (χ3n) is 12.7. The Morgan fingerprint density at radius 1 is 0.286 bits per heavy atom. The lowest BCUT2D eigenvalue weighted by molar-refractivity contribution is -0.916. The zero-order valence-corrected chi connectivity index (χ0v) is 40.4. The van der Waals surface area contributed by atoms with Crippen LogP contribution in [0.3, 0.4) is 0 Å². The van der Waals surface area contributed by atoms with E-state index >= 15 is 0 Å². The van der Waals surface area contributed by atoms with Crippen LogP contribution in [0.4, 0.5) is 0 Å². The fraction of sp³-hybridized carbons (Fsp3) is 0.923. The number of unbranched alkanes of at least 4 members (excludes halogenated alkanes) is 25. The Hall–Kier alpha value is -0.680. The van der Waals surface area contributed by atoms with E-state index in [2.05, 4.69) is 90.2 Å². The van der Waals surface area contributed by atoms with Crippen LogP contribution in [-0.2, 0) is 0 Å². The Morgan fingerprint density at radius 2 is 0.500 bits per heavy atom. The van der Waals surface area contributed by atoms with Crippen molar-refractivity contribution in [3.8, 4) is 0 Å². The molecule has 4 nitrogen and oxygen atoms in total. The molecule has 0 saturated heterocycles. The molecule has 0 rings (SSSR count). The first kappa shape index (κ1) is 55.3. The summed E-state index contributed by atoms with van der Waals surface area (Å²) in [7, 11) is 14.1. The van der Waals surface area contributed by atoms with Gasteiger partial charge < -0.3 is 18.8 Å². The summed E-state index contributed by atoms with van der Waals surface area (Å²) in [6.45, 7) is 15.2. The van der Waals surface area contributed by atoms with Crippen molar-refractivity contribution in [2.75, 3.05) is 94.6 Å². The molecule has 0 bridgehead atoms. The van der Waals surface area contributed by atoms with E-state index in [0.29, 0.717) is 0 Å². The zero-order valence-electron chi connectivity index (χ0n) is 40.4. The molecule has 2 atom stereocenters. The minimum Gasteiger partial charge on any atom is -0.326 e. The quantitative estimate of drug-likeness (QED) is 0.0344. The van der Waals surface area contributed by atoms with Gasteiger partial charge in [-0.05, 0) is 105 Å². The Morgan fingerprint density at radius 3 is 0.768 bits per heavy atom. The molecular formula is C52H108N4+2. The highest BCUT2D eigenvalue weighted by Crippen LogP contribution is 2.17. The number of quaternary nitrogens is 2. The first-order chi connectivity index (χ1) is 27.2. The van der Waals surface area contributed by atoms with Gasteiger partial charge in [0.25, 0.3) is 0 Å². The lowest BCUT2D eigenvalue weighted by Crippen LogP contribution is -2.49. The van der Waals surface area contributed by atoms with Crippen molar-refractivity contribution >= 4 is 0 Å². The smallest absolute Gasteiger partial charge is 0.0796 e. The van der Waals surface area contributed by atoms with Crippen LogP contribution in [0.1, 0.15) is 219 Å². The molecule has 334 valence electrons. The van der Waals surface area contributed by atoms with E-state index in [9.17, 15) is 0 Å².